The number of aryl methyl sites for hydroxylation is 1. The molecule has 3 rings (SSSR count). The van der Waals surface area contributed by atoms with Crippen molar-refractivity contribution < 1.29 is 14.0 Å². The molecule has 1 atom stereocenters. The molecule has 0 radical (unpaired) electrons. The summed E-state index contributed by atoms with van der Waals surface area (Å²) in [5.74, 6) is -0.252. The lowest BCUT2D eigenvalue weighted by Gasteiger charge is -2.34. The number of thioether (sulfide) groups is 1. The molecule has 0 saturated carbocycles. The van der Waals surface area contributed by atoms with Crippen molar-refractivity contribution in [1.29, 1.82) is 0 Å². The van der Waals surface area contributed by atoms with Gasteiger partial charge in [-0.25, -0.2) is 4.39 Å². The van der Waals surface area contributed by atoms with Crippen LogP contribution in [0.1, 0.15) is 43.9 Å². The van der Waals surface area contributed by atoms with E-state index in [1.807, 2.05) is 82.3 Å². The highest BCUT2D eigenvalue weighted by Gasteiger charge is 2.32. The standard InChI is InChI=1S/C30H35FN2O2S/c1-22-14-16-25(17-15-22)36-19-18-28(34)33(21-24-12-8-9-13-26(24)31)27(29(35)32-30(2,3)4)20-23-10-6-5-7-11-23/h5-17,27H,18-21H2,1-4H3,(H,32,35). The van der Waals surface area contributed by atoms with Gasteiger partial charge in [-0.3, -0.25) is 9.59 Å². The van der Waals surface area contributed by atoms with E-state index in [0.29, 0.717) is 17.7 Å². The van der Waals surface area contributed by atoms with E-state index in [-0.39, 0.29) is 30.6 Å². The van der Waals surface area contributed by atoms with Gasteiger partial charge in [0.2, 0.25) is 11.8 Å². The number of rotatable bonds is 10. The van der Waals surface area contributed by atoms with Crippen molar-refractivity contribution in [3.05, 3.63) is 101 Å². The molecule has 3 aromatic carbocycles. The van der Waals surface area contributed by atoms with E-state index in [0.717, 1.165) is 10.5 Å². The van der Waals surface area contributed by atoms with Crippen molar-refractivity contribution in [2.24, 2.45) is 0 Å². The molecule has 0 aromatic heterocycles. The zero-order chi connectivity index (χ0) is 26.1. The Morgan fingerprint density at radius 2 is 1.58 bits per heavy atom. The Morgan fingerprint density at radius 3 is 2.22 bits per heavy atom. The summed E-state index contributed by atoms with van der Waals surface area (Å²) in [6, 6.07) is 23.4. The number of nitrogens with zero attached hydrogens (tertiary/aromatic N) is 1. The molecule has 1 unspecified atom stereocenters. The SMILES string of the molecule is Cc1ccc(SCCC(=O)N(Cc2ccccc2F)C(Cc2ccccc2)C(=O)NC(C)(C)C)cc1. The summed E-state index contributed by atoms with van der Waals surface area (Å²) in [6.45, 7) is 7.78. The molecular formula is C30H35FN2O2S. The van der Waals surface area contributed by atoms with E-state index in [2.05, 4.69) is 5.32 Å². The fourth-order valence-electron chi connectivity index (χ4n) is 3.85. The van der Waals surface area contributed by atoms with Crippen LogP contribution in [-0.4, -0.2) is 34.0 Å². The van der Waals surface area contributed by atoms with Gasteiger partial charge in [0.15, 0.2) is 0 Å². The van der Waals surface area contributed by atoms with Gasteiger partial charge in [0.25, 0.3) is 0 Å². The van der Waals surface area contributed by atoms with Crippen molar-refractivity contribution >= 4 is 23.6 Å². The average Bonchev–Trinajstić information content (AvgIpc) is 2.83. The predicted octanol–water partition coefficient (Wildman–Crippen LogP) is 6.17. The quantitative estimate of drug-likeness (QED) is 0.335. The highest BCUT2D eigenvalue weighted by atomic mass is 32.2. The third-order valence-corrected chi connectivity index (χ3v) is 6.69. The first kappa shape index (κ1) is 27.5. The summed E-state index contributed by atoms with van der Waals surface area (Å²) in [6.07, 6.45) is 0.579. The van der Waals surface area contributed by atoms with Crippen molar-refractivity contribution in [2.45, 2.75) is 63.6 Å². The highest BCUT2D eigenvalue weighted by molar-refractivity contribution is 7.99. The molecule has 0 bridgehead atoms. The van der Waals surface area contributed by atoms with Crippen LogP contribution in [0.25, 0.3) is 0 Å². The van der Waals surface area contributed by atoms with E-state index in [9.17, 15) is 14.0 Å². The molecule has 0 fully saturated rings. The monoisotopic (exact) mass is 506 g/mol. The number of hydrogen-bond acceptors (Lipinski definition) is 3. The Bertz CT molecular complexity index is 1140. The topological polar surface area (TPSA) is 49.4 Å². The minimum absolute atomic E-state index is 0.0236. The molecule has 0 spiro atoms. The van der Waals surface area contributed by atoms with E-state index in [1.54, 1.807) is 34.9 Å². The summed E-state index contributed by atoms with van der Waals surface area (Å²) in [7, 11) is 0. The smallest absolute Gasteiger partial charge is 0.243 e. The maximum atomic E-state index is 14.6. The summed E-state index contributed by atoms with van der Waals surface area (Å²) in [4.78, 5) is 29.8. The Hall–Kier alpha value is -3.12. The Labute approximate surface area is 218 Å². The third kappa shape index (κ3) is 8.52. The van der Waals surface area contributed by atoms with Gasteiger partial charge in [-0.05, 0) is 51.5 Å². The number of benzene rings is 3. The number of nitrogens with one attached hydrogen (secondary N) is 1. The van der Waals surface area contributed by atoms with Crippen LogP contribution in [0.5, 0.6) is 0 Å². The lowest BCUT2D eigenvalue weighted by atomic mass is 10.0. The van der Waals surface area contributed by atoms with Gasteiger partial charge in [0.1, 0.15) is 11.9 Å². The maximum absolute atomic E-state index is 14.6. The Morgan fingerprint density at radius 1 is 0.944 bits per heavy atom. The highest BCUT2D eigenvalue weighted by Crippen LogP contribution is 2.22. The molecule has 4 nitrogen and oxygen atoms in total. The number of carbonyl (C=O) groups is 2. The summed E-state index contributed by atoms with van der Waals surface area (Å²) >= 11 is 1.60. The van der Waals surface area contributed by atoms with Gasteiger partial charge in [0.05, 0.1) is 0 Å². The van der Waals surface area contributed by atoms with E-state index >= 15 is 0 Å². The first-order valence-corrected chi connectivity index (χ1v) is 13.2. The molecule has 3 aromatic rings. The largest absolute Gasteiger partial charge is 0.350 e. The minimum Gasteiger partial charge on any atom is -0.350 e. The number of carbonyl (C=O) groups excluding carboxylic acids is 2. The van der Waals surface area contributed by atoms with Crippen molar-refractivity contribution in [1.82, 2.24) is 10.2 Å². The van der Waals surface area contributed by atoms with Gasteiger partial charge in [0, 0.05) is 41.1 Å². The van der Waals surface area contributed by atoms with Crippen LogP contribution in [0, 0.1) is 12.7 Å². The van der Waals surface area contributed by atoms with Crippen LogP contribution in [-0.2, 0) is 22.6 Å². The lowest BCUT2D eigenvalue weighted by Crippen LogP contribution is -2.54. The van der Waals surface area contributed by atoms with Gasteiger partial charge in [-0.2, -0.15) is 0 Å². The van der Waals surface area contributed by atoms with Crippen LogP contribution in [0.15, 0.2) is 83.8 Å². The van der Waals surface area contributed by atoms with Crippen molar-refractivity contribution in [3.8, 4) is 0 Å². The molecule has 0 aliphatic heterocycles. The molecule has 0 aliphatic carbocycles. The van der Waals surface area contributed by atoms with Crippen molar-refractivity contribution in [2.75, 3.05) is 5.75 Å². The summed E-state index contributed by atoms with van der Waals surface area (Å²) < 4.78 is 14.6. The van der Waals surface area contributed by atoms with E-state index < -0.39 is 11.6 Å². The second-order valence-corrected chi connectivity index (χ2v) is 11.1. The Kier molecular flexibility index (Phi) is 9.71. The van der Waals surface area contributed by atoms with Crippen LogP contribution >= 0.6 is 11.8 Å². The molecule has 6 heteroatoms. The van der Waals surface area contributed by atoms with Gasteiger partial charge in [-0.15, -0.1) is 11.8 Å². The molecule has 190 valence electrons. The van der Waals surface area contributed by atoms with Crippen LogP contribution in [0.3, 0.4) is 0 Å². The average molecular weight is 507 g/mol. The summed E-state index contributed by atoms with van der Waals surface area (Å²) in [5.41, 5.74) is 2.03. The first-order valence-electron chi connectivity index (χ1n) is 12.2. The van der Waals surface area contributed by atoms with Crippen LogP contribution in [0.4, 0.5) is 4.39 Å². The van der Waals surface area contributed by atoms with Gasteiger partial charge < -0.3 is 10.2 Å². The third-order valence-electron chi connectivity index (χ3n) is 5.67. The zero-order valence-electron chi connectivity index (χ0n) is 21.5. The molecule has 0 saturated heterocycles. The molecule has 2 amide bonds. The first-order chi connectivity index (χ1) is 17.1. The van der Waals surface area contributed by atoms with Crippen molar-refractivity contribution in [3.63, 3.8) is 0 Å². The normalized spacial score (nSPS) is 12.1. The van der Waals surface area contributed by atoms with Gasteiger partial charge in [-0.1, -0.05) is 66.2 Å². The predicted molar refractivity (Wildman–Crippen MR) is 145 cm³/mol. The van der Waals surface area contributed by atoms with Crippen LogP contribution in [0.2, 0.25) is 0 Å². The lowest BCUT2D eigenvalue weighted by molar-refractivity contribution is -0.141. The van der Waals surface area contributed by atoms with Gasteiger partial charge >= 0.3 is 0 Å². The number of hydrogen-bond donors (Lipinski definition) is 1. The fraction of sp³-hybridized carbons (Fsp3) is 0.333. The molecule has 0 aliphatic rings. The molecule has 1 N–H and O–H groups in total. The zero-order valence-corrected chi connectivity index (χ0v) is 22.3. The Balaban J connectivity index is 1.87. The molecule has 0 heterocycles. The molecule has 36 heavy (non-hydrogen) atoms. The van der Waals surface area contributed by atoms with E-state index in [1.165, 1.54) is 11.6 Å². The maximum Gasteiger partial charge on any atom is 0.243 e. The second-order valence-electron chi connectivity index (χ2n) is 9.97. The van der Waals surface area contributed by atoms with E-state index in [4.69, 9.17) is 0 Å². The number of amides is 2. The summed E-state index contributed by atoms with van der Waals surface area (Å²) in [5, 5.41) is 3.03. The minimum atomic E-state index is -0.775. The number of halogens is 1. The fourth-order valence-corrected chi connectivity index (χ4v) is 4.69. The molecular weight excluding hydrogens is 471 g/mol. The second kappa shape index (κ2) is 12.7. The van der Waals surface area contributed by atoms with Crippen LogP contribution < -0.4 is 5.32 Å².